The van der Waals surface area contributed by atoms with Gasteiger partial charge in [-0.05, 0) is 26.2 Å². The molecule has 2 rings (SSSR count). The first-order valence-corrected chi connectivity index (χ1v) is 6.73. The standard InChI is InChI=1S/C13H19ClN2O2/c1-4-9-12(14)10(16(3)15-9)8-11(17)13(2)6-5-7-18-13/h4-8H2,1-3H3. The Hall–Kier alpha value is -0.870. The Morgan fingerprint density at radius 1 is 1.61 bits per heavy atom. The van der Waals surface area contributed by atoms with Crippen LogP contribution in [0.2, 0.25) is 5.02 Å². The molecule has 18 heavy (non-hydrogen) atoms. The summed E-state index contributed by atoms with van der Waals surface area (Å²) in [5, 5.41) is 4.94. The molecular formula is C13H19ClN2O2. The summed E-state index contributed by atoms with van der Waals surface area (Å²) in [7, 11) is 1.82. The molecule has 0 N–H and O–H groups in total. The fourth-order valence-electron chi connectivity index (χ4n) is 2.35. The number of aromatic nitrogens is 2. The molecule has 1 aromatic rings. The zero-order valence-electron chi connectivity index (χ0n) is 11.1. The normalized spacial score (nSPS) is 23.6. The molecule has 0 saturated carbocycles. The predicted octanol–water partition coefficient (Wildman–Crippen LogP) is 2.32. The van der Waals surface area contributed by atoms with Gasteiger partial charge in [-0.2, -0.15) is 5.10 Å². The molecule has 1 aliphatic heterocycles. The van der Waals surface area contributed by atoms with Gasteiger partial charge in [0.05, 0.1) is 22.8 Å². The van der Waals surface area contributed by atoms with Crippen molar-refractivity contribution in [2.24, 2.45) is 7.05 Å². The minimum atomic E-state index is -0.639. The summed E-state index contributed by atoms with van der Waals surface area (Å²) in [6.45, 7) is 4.54. The van der Waals surface area contributed by atoms with Gasteiger partial charge in [-0.3, -0.25) is 9.48 Å². The average molecular weight is 271 g/mol. The molecule has 4 nitrogen and oxygen atoms in total. The van der Waals surface area contributed by atoms with Gasteiger partial charge >= 0.3 is 0 Å². The van der Waals surface area contributed by atoms with Crippen molar-refractivity contribution in [2.75, 3.05) is 6.61 Å². The summed E-state index contributed by atoms with van der Waals surface area (Å²) in [6.07, 6.45) is 2.80. The second kappa shape index (κ2) is 5.02. The minimum Gasteiger partial charge on any atom is -0.367 e. The van der Waals surface area contributed by atoms with E-state index in [0.29, 0.717) is 18.1 Å². The van der Waals surface area contributed by atoms with Crippen LogP contribution in [0.1, 0.15) is 38.1 Å². The van der Waals surface area contributed by atoms with Crippen molar-refractivity contribution in [1.29, 1.82) is 0 Å². The number of hydrogen-bond donors (Lipinski definition) is 0. The van der Waals surface area contributed by atoms with Gasteiger partial charge in [0.2, 0.25) is 0 Å². The predicted molar refractivity (Wildman–Crippen MR) is 69.9 cm³/mol. The van der Waals surface area contributed by atoms with E-state index in [0.717, 1.165) is 30.7 Å². The van der Waals surface area contributed by atoms with E-state index >= 15 is 0 Å². The Balaban J connectivity index is 2.19. The number of hydrogen-bond acceptors (Lipinski definition) is 3. The van der Waals surface area contributed by atoms with Crippen LogP contribution in [-0.4, -0.2) is 27.8 Å². The largest absolute Gasteiger partial charge is 0.367 e. The van der Waals surface area contributed by atoms with Crippen molar-refractivity contribution >= 4 is 17.4 Å². The second-order valence-electron chi connectivity index (χ2n) is 4.97. The number of carbonyl (C=O) groups excluding carboxylic acids is 1. The molecule has 1 fully saturated rings. The third kappa shape index (κ3) is 2.31. The molecule has 1 aromatic heterocycles. The lowest BCUT2D eigenvalue weighted by Gasteiger charge is -2.21. The maximum atomic E-state index is 12.3. The Labute approximate surface area is 112 Å². The lowest BCUT2D eigenvalue weighted by molar-refractivity contribution is -0.136. The molecule has 0 aromatic carbocycles. The average Bonchev–Trinajstić information content (AvgIpc) is 2.89. The molecule has 1 unspecified atom stereocenters. The number of carbonyl (C=O) groups is 1. The highest BCUT2D eigenvalue weighted by molar-refractivity contribution is 6.32. The van der Waals surface area contributed by atoms with Crippen LogP contribution in [-0.2, 0) is 29.4 Å². The number of ether oxygens (including phenoxy) is 1. The van der Waals surface area contributed by atoms with Crippen molar-refractivity contribution in [2.45, 2.75) is 45.1 Å². The molecule has 1 aliphatic rings. The molecule has 0 spiro atoms. The number of aryl methyl sites for hydroxylation is 2. The Morgan fingerprint density at radius 3 is 2.83 bits per heavy atom. The number of ketones is 1. The van der Waals surface area contributed by atoms with Crippen LogP contribution in [0.3, 0.4) is 0 Å². The van der Waals surface area contributed by atoms with Crippen LogP contribution in [0, 0.1) is 0 Å². The fraction of sp³-hybridized carbons (Fsp3) is 0.692. The maximum absolute atomic E-state index is 12.3. The molecule has 1 saturated heterocycles. The summed E-state index contributed by atoms with van der Waals surface area (Å²) in [4.78, 5) is 12.3. The first kappa shape index (κ1) is 13.6. The van der Waals surface area contributed by atoms with E-state index in [1.54, 1.807) is 4.68 Å². The van der Waals surface area contributed by atoms with Gasteiger partial charge < -0.3 is 4.74 Å². The first-order chi connectivity index (χ1) is 8.48. The van der Waals surface area contributed by atoms with Gasteiger partial charge in [-0.15, -0.1) is 0 Å². The van der Waals surface area contributed by atoms with Crippen LogP contribution in [0.5, 0.6) is 0 Å². The van der Waals surface area contributed by atoms with E-state index < -0.39 is 5.60 Å². The molecule has 100 valence electrons. The highest BCUT2D eigenvalue weighted by Crippen LogP contribution is 2.29. The molecular weight excluding hydrogens is 252 g/mol. The van der Waals surface area contributed by atoms with Crippen molar-refractivity contribution in [3.8, 4) is 0 Å². The highest BCUT2D eigenvalue weighted by Gasteiger charge is 2.38. The van der Waals surface area contributed by atoms with E-state index in [9.17, 15) is 4.79 Å². The Kier molecular flexibility index (Phi) is 3.78. The molecule has 5 heteroatoms. The lowest BCUT2D eigenvalue weighted by Crippen LogP contribution is -2.36. The van der Waals surface area contributed by atoms with Crippen LogP contribution in [0.4, 0.5) is 0 Å². The fourth-order valence-corrected chi connectivity index (χ4v) is 2.71. The van der Waals surface area contributed by atoms with E-state index in [1.807, 2.05) is 20.9 Å². The van der Waals surface area contributed by atoms with Crippen LogP contribution < -0.4 is 0 Å². The summed E-state index contributed by atoms with van der Waals surface area (Å²) in [5.41, 5.74) is 0.995. The van der Waals surface area contributed by atoms with E-state index in [4.69, 9.17) is 16.3 Å². The smallest absolute Gasteiger partial charge is 0.170 e. The quantitative estimate of drug-likeness (QED) is 0.843. The summed E-state index contributed by atoms with van der Waals surface area (Å²) in [6, 6.07) is 0. The van der Waals surface area contributed by atoms with Gasteiger partial charge in [0.1, 0.15) is 5.60 Å². The number of halogens is 1. The van der Waals surface area contributed by atoms with E-state index in [2.05, 4.69) is 5.10 Å². The molecule has 0 aliphatic carbocycles. The molecule has 0 amide bonds. The summed E-state index contributed by atoms with van der Waals surface area (Å²) in [5.74, 6) is 0.0903. The molecule has 2 heterocycles. The zero-order valence-corrected chi connectivity index (χ0v) is 11.9. The maximum Gasteiger partial charge on any atom is 0.170 e. The van der Waals surface area contributed by atoms with Crippen molar-refractivity contribution in [3.63, 3.8) is 0 Å². The van der Waals surface area contributed by atoms with E-state index in [1.165, 1.54) is 0 Å². The first-order valence-electron chi connectivity index (χ1n) is 6.35. The topological polar surface area (TPSA) is 44.1 Å². The summed E-state index contributed by atoms with van der Waals surface area (Å²) >= 11 is 6.25. The number of Topliss-reactive ketones (excluding diaryl/α,β-unsaturated/α-hetero) is 1. The monoisotopic (exact) mass is 270 g/mol. The second-order valence-corrected chi connectivity index (χ2v) is 5.35. The highest BCUT2D eigenvalue weighted by atomic mass is 35.5. The minimum absolute atomic E-state index is 0.0903. The van der Waals surface area contributed by atoms with Gasteiger partial charge in [0.25, 0.3) is 0 Å². The number of nitrogens with zero attached hydrogens (tertiary/aromatic N) is 2. The van der Waals surface area contributed by atoms with Crippen LogP contribution in [0.15, 0.2) is 0 Å². The Morgan fingerprint density at radius 2 is 2.33 bits per heavy atom. The third-order valence-corrected chi connectivity index (χ3v) is 4.08. The SMILES string of the molecule is CCc1nn(C)c(CC(=O)C2(C)CCCO2)c1Cl. The van der Waals surface area contributed by atoms with Crippen molar-refractivity contribution in [3.05, 3.63) is 16.4 Å². The lowest BCUT2D eigenvalue weighted by atomic mass is 9.94. The molecule has 0 bridgehead atoms. The van der Waals surface area contributed by atoms with Crippen molar-refractivity contribution < 1.29 is 9.53 Å². The van der Waals surface area contributed by atoms with Crippen LogP contribution in [0.25, 0.3) is 0 Å². The van der Waals surface area contributed by atoms with Crippen LogP contribution >= 0.6 is 11.6 Å². The van der Waals surface area contributed by atoms with Gasteiger partial charge in [0, 0.05) is 13.7 Å². The Bertz CT molecular complexity index is 462. The van der Waals surface area contributed by atoms with E-state index in [-0.39, 0.29) is 5.78 Å². The molecule has 0 radical (unpaired) electrons. The third-order valence-electron chi connectivity index (χ3n) is 3.64. The van der Waals surface area contributed by atoms with Gasteiger partial charge in [-0.25, -0.2) is 0 Å². The molecule has 1 atom stereocenters. The zero-order chi connectivity index (χ0) is 13.3. The van der Waals surface area contributed by atoms with Gasteiger partial charge in [-0.1, -0.05) is 18.5 Å². The summed E-state index contributed by atoms with van der Waals surface area (Å²) < 4.78 is 7.27. The van der Waals surface area contributed by atoms with Crippen molar-refractivity contribution in [1.82, 2.24) is 9.78 Å². The van der Waals surface area contributed by atoms with Gasteiger partial charge in [0.15, 0.2) is 5.78 Å². The number of rotatable bonds is 4.